The standard InChI is InChI=1S/C23H22N2O7S/c1-31-23(26)19-13-16-7-3-4-8-17(16)14-22(19)32-21-10-9-18(15-20(21)25(27)28)33(29,30)24-11-5-2-6-12-24/h3-4,7-10,13-15H,2,5-6,11-12H2,1H3. The van der Waals surface area contributed by atoms with Gasteiger partial charge in [-0.3, -0.25) is 10.1 Å². The van der Waals surface area contributed by atoms with Crippen molar-refractivity contribution in [3.63, 3.8) is 0 Å². The lowest BCUT2D eigenvalue weighted by Crippen LogP contribution is -2.35. The van der Waals surface area contributed by atoms with E-state index in [2.05, 4.69) is 0 Å². The number of hydrogen-bond donors (Lipinski definition) is 0. The minimum atomic E-state index is -3.86. The van der Waals surface area contributed by atoms with E-state index in [1.54, 1.807) is 12.1 Å². The predicted octanol–water partition coefficient (Wildman–Crippen LogP) is 4.50. The lowest BCUT2D eigenvalue weighted by Gasteiger charge is -2.25. The van der Waals surface area contributed by atoms with E-state index in [4.69, 9.17) is 9.47 Å². The lowest BCUT2D eigenvalue weighted by atomic mass is 10.1. The van der Waals surface area contributed by atoms with E-state index in [9.17, 15) is 23.3 Å². The van der Waals surface area contributed by atoms with Crippen LogP contribution in [0.1, 0.15) is 29.6 Å². The van der Waals surface area contributed by atoms with Gasteiger partial charge in [-0.25, -0.2) is 13.2 Å². The Morgan fingerprint density at radius 3 is 2.27 bits per heavy atom. The van der Waals surface area contributed by atoms with Crippen molar-refractivity contribution in [3.8, 4) is 11.5 Å². The Morgan fingerprint density at radius 2 is 1.64 bits per heavy atom. The number of ether oxygens (including phenoxy) is 2. The van der Waals surface area contributed by atoms with Crippen LogP contribution in [0, 0.1) is 10.1 Å². The second kappa shape index (κ2) is 9.16. The fourth-order valence-corrected chi connectivity index (χ4v) is 5.37. The highest BCUT2D eigenvalue weighted by Crippen LogP contribution is 2.37. The Hall–Kier alpha value is -3.50. The topological polar surface area (TPSA) is 116 Å². The molecule has 3 aromatic rings. The first-order valence-electron chi connectivity index (χ1n) is 10.4. The van der Waals surface area contributed by atoms with Gasteiger partial charge >= 0.3 is 11.7 Å². The molecule has 0 radical (unpaired) electrons. The SMILES string of the molecule is COC(=O)c1cc2ccccc2cc1Oc1ccc(S(=O)(=O)N2CCCCC2)cc1[N+](=O)[O-]. The molecule has 10 heteroatoms. The van der Waals surface area contributed by atoms with Crippen LogP contribution in [0.2, 0.25) is 0 Å². The van der Waals surface area contributed by atoms with Crippen molar-refractivity contribution < 1.29 is 27.6 Å². The van der Waals surface area contributed by atoms with Gasteiger partial charge in [0.1, 0.15) is 11.3 Å². The van der Waals surface area contributed by atoms with Crippen LogP contribution in [-0.2, 0) is 14.8 Å². The largest absolute Gasteiger partial charge is 0.465 e. The van der Waals surface area contributed by atoms with Gasteiger partial charge in [-0.05, 0) is 47.9 Å². The third-order valence-electron chi connectivity index (χ3n) is 5.55. The molecule has 0 bridgehead atoms. The third-order valence-corrected chi connectivity index (χ3v) is 7.45. The highest BCUT2D eigenvalue weighted by atomic mass is 32.2. The Bertz CT molecular complexity index is 1330. The number of methoxy groups -OCH3 is 1. The number of carbonyl (C=O) groups is 1. The number of benzene rings is 3. The summed E-state index contributed by atoms with van der Waals surface area (Å²) in [6, 6.07) is 13.9. The molecule has 33 heavy (non-hydrogen) atoms. The van der Waals surface area contributed by atoms with Crippen molar-refractivity contribution in [1.29, 1.82) is 0 Å². The van der Waals surface area contributed by atoms with Crippen LogP contribution < -0.4 is 4.74 Å². The maximum absolute atomic E-state index is 13.0. The summed E-state index contributed by atoms with van der Waals surface area (Å²) in [7, 11) is -2.64. The van der Waals surface area contributed by atoms with Crippen LogP contribution in [-0.4, -0.2) is 43.8 Å². The molecule has 0 aromatic heterocycles. The molecule has 4 rings (SSSR count). The van der Waals surface area contributed by atoms with Crippen LogP contribution in [0.25, 0.3) is 10.8 Å². The van der Waals surface area contributed by atoms with Crippen LogP contribution in [0.15, 0.2) is 59.5 Å². The van der Waals surface area contributed by atoms with Gasteiger partial charge in [0.15, 0.2) is 0 Å². The summed E-state index contributed by atoms with van der Waals surface area (Å²) in [5.41, 5.74) is -0.424. The average molecular weight is 471 g/mol. The smallest absolute Gasteiger partial charge is 0.341 e. The fraction of sp³-hybridized carbons (Fsp3) is 0.261. The molecule has 0 saturated carbocycles. The van der Waals surface area contributed by atoms with E-state index in [0.717, 1.165) is 36.1 Å². The molecule has 0 unspecified atom stereocenters. The van der Waals surface area contributed by atoms with Crippen LogP contribution in [0.5, 0.6) is 11.5 Å². The molecule has 0 spiro atoms. The van der Waals surface area contributed by atoms with Crippen LogP contribution in [0.4, 0.5) is 5.69 Å². The van der Waals surface area contributed by atoms with Gasteiger partial charge in [-0.15, -0.1) is 0 Å². The molecular weight excluding hydrogens is 448 g/mol. The zero-order chi connectivity index (χ0) is 23.6. The lowest BCUT2D eigenvalue weighted by molar-refractivity contribution is -0.385. The summed E-state index contributed by atoms with van der Waals surface area (Å²) >= 11 is 0. The third kappa shape index (κ3) is 4.53. The summed E-state index contributed by atoms with van der Waals surface area (Å²) in [6.07, 6.45) is 2.45. The molecule has 1 aliphatic heterocycles. The van der Waals surface area contributed by atoms with E-state index in [-0.39, 0.29) is 22.0 Å². The monoisotopic (exact) mass is 470 g/mol. The molecule has 3 aromatic carbocycles. The zero-order valence-corrected chi connectivity index (χ0v) is 18.7. The number of rotatable bonds is 6. The number of piperidine rings is 1. The number of esters is 1. The first kappa shape index (κ1) is 22.7. The van der Waals surface area contributed by atoms with E-state index in [1.807, 2.05) is 24.3 Å². The second-order valence-corrected chi connectivity index (χ2v) is 9.58. The van der Waals surface area contributed by atoms with E-state index in [0.29, 0.717) is 13.1 Å². The van der Waals surface area contributed by atoms with E-state index in [1.165, 1.54) is 23.5 Å². The number of fused-ring (bicyclic) bond motifs is 1. The average Bonchev–Trinajstić information content (AvgIpc) is 2.83. The van der Waals surface area contributed by atoms with Crippen molar-refractivity contribution in [3.05, 3.63) is 70.3 Å². The first-order valence-corrected chi connectivity index (χ1v) is 11.8. The number of carbonyl (C=O) groups excluding carboxylic acids is 1. The number of sulfonamides is 1. The summed E-state index contributed by atoms with van der Waals surface area (Å²) < 4.78 is 37.9. The molecule has 0 N–H and O–H groups in total. The molecule has 9 nitrogen and oxygen atoms in total. The number of nitrogens with zero attached hydrogens (tertiary/aromatic N) is 2. The fourth-order valence-electron chi connectivity index (χ4n) is 3.83. The Labute approximate surface area is 190 Å². The molecule has 1 aliphatic rings. The molecule has 0 amide bonds. The normalized spacial score (nSPS) is 14.7. The van der Waals surface area contributed by atoms with Crippen molar-refractivity contribution in [1.82, 2.24) is 4.31 Å². The van der Waals surface area contributed by atoms with Gasteiger partial charge in [0.05, 0.1) is 16.9 Å². The molecule has 1 saturated heterocycles. The minimum Gasteiger partial charge on any atom is -0.465 e. The highest BCUT2D eigenvalue weighted by molar-refractivity contribution is 7.89. The molecule has 1 heterocycles. The Balaban J connectivity index is 1.76. The van der Waals surface area contributed by atoms with Gasteiger partial charge in [-0.1, -0.05) is 30.7 Å². The molecule has 0 aliphatic carbocycles. The number of hydrogen-bond acceptors (Lipinski definition) is 7. The maximum Gasteiger partial charge on any atom is 0.341 e. The minimum absolute atomic E-state index is 0.0651. The first-order chi connectivity index (χ1) is 15.8. The molecule has 0 atom stereocenters. The van der Waals surface area contributed by atoms with Gasteiger partial charge in [0.2, 0.25) is 15.8 Å². The summed E-state index contributed by atoms with van der Waals surface area (Å²) in [5, 5.41) is 13.3. The number of nitro benzene ring substituents is 1. The van der Waals surface area contributed by atoms with E-state index >= 15 is 0 Å². The van der Waals surface area contributed by atoms with Crippen LogP contribution >= 0.6 is 0 Å². The molecular formula is C23H22N2O7S. The van der Waals surface area contributed by atoms with Crippen molar-refractivity contribution in [2.24, 2.45) is 0 Å². The predicted molar refractivity (Wildman–Crippen MR) is 121 cm³/mol. The summed E-state index contributed by atoms with van der Waals surface area (Å²) in [4.78, 5) is 23.2. The second-order valence-electron chi connectivity index (χ2n) is 7.64. The Kier molecular flexibility index (Phi) is 6.30. The quantitative estimate of drug-likeness (QED) is 0.296. The maximum atomic E-state index is 13.0. The van der Waals surface area contributed by atoms with Crippen molar-refractivity contribution >= 4 is 32.5 Å². The Morgan fingerprint density at radius 1 is 0.970 bits per heavy atom. The van der Waals surface area contributed by atoms with E-state index < -0.39 is 26.6 Å². The highest BCUT2D eigenvalue weighted by Gasteiger charge is 2.29. The van der Waals surface area contributed by atoms with Gasteiger partial charge < -0.3 is 9.47 Å². The summed E-state index contributed by atoms with van der Waals surface area (Å²) in [5.74, 6) is -0.781. The summed E-state index contributed by atoms with van der Waals surface area (Å²) in [6.45, 7) is 0.766. The zero-order valence-electron chi connectivity index (χ0n) is 17.9. The molecule has 172 valence electrons. The van der Waals surface area contributed by atoms with Crippen molar-refractivity contribution in [2.75, 3.05) is 20.2 Å². The van der Waals surface area contributed by atoms with Crippen LogP contribution in [0.3, 0.4) is 0 Å². The number of nitro groups is 1. The van der Waals surface area contributed by atoms with Gasteiger partial charge in [0, 0.05) is 19.2 Å². The van der Waals surface area contributed by atoms with Gasteiger partial charge in [0.25, 0.3) is 0 Å². The van der Waals surface area contributed by atoms with Crippen molar-refractivity contribution in [2.45, 2.75) is 24.2 Å². The molecule has 1 fully saturated rings. The van der Waals surface area contributed by atoms with Gasteiger partial charge in [-0.2, -0.15) is 4.31 Å².